The van der Waals surface area contributed by atoms with Crippen LogP contribution in [0.25, 0.3) is 0 Å². The van der Waals surface area contributed by atoms with Crippen LogP contribution in [0, 0.1) is 0 Å². The average Bonchev–Trinajstić information content (AvgIpc) is 2.17. The summed E-state index contributed by atoms with van der Waals surface area (Å²) >= 11 is 0. The van der Waals surface area contributed by atoms with E-state index < -0.39 is 12.3 Å². The Bertz CT molecular complexity index is 310. The highest BCUT2D eigenvalue weighted by Gasteiger charge is 2.07. The van der Waals surface area contributed by atoms with Gasteiger partial charge in [0.25, 0.3) is 0 Å². The number of rotatable bonds is 4. The maximum atomic E-state index is 10.3. The Morgan fingerprint density at radius 3 is 2.64 bits per heavy atom. The standard InChI is InChI=1S/C10H11NO3/c1-2-9(11-10(12)13)14-8-6-4-3-5-7-8/h2-7,9,11H,1H2,(H,12,13). The van der Waals surface area contributed by atoms with Gasteiger partial charge in [-0.15, -0.1) is 0 Å². The summed E-state index contributed by atoms with van der Waals surface area (Å²) in [5.74, 6) is 0.589. The zero-order valence-corrected chi connectivity index (χ0v) is 7.51. The van der Waals surface area contributed by atoms with Gasteiger partial charge in [0.05, 0.1) is 0 Å². The summed E-state index contributed by atoms with van der Waals surface area (Å²) in [4.78, 5) is 10.3. The maximum Gasteiger partial charge on any atom is 0.407 e. The Balaban J connectivity index is 2.57. The number of benzene rings is 1. The molecule has 14 heavy (non-hydrogen) atoms. The fourth-order valence-corrected chi connectivity index (χ4v) is 0.904. The fourth-order valence-electron chi connectivity index (χ4n) is 0.904. The second kappa shape index (κ2) is 4.91. The second-order valence-corrected chi connectivity index (χ2v) is 2.54. The molecule has 1 rings (SSSR count). The van der Waals surface area contributed by atoms with Gasteiger partial charge in [-0.25, -0.2) is 4.79 Å². The van der Waals surface area contributed by atoms with Crippen molar-refractivity contribution in [1.29, 1.82) is 0 Å². The first-order valence-corrected chi connectivity index (χ1v) is 4.06. The minimum absolute atomic E-state index is 0.589. The summed E-state index contributed by atoms with van der Waals surface area (Å²) < 4.78 is 5.26. The van der Waals surface area contributed by atoms with Crippen LogP contribution in [0.4, 0.5) is 4.79 Å². The van der Waals surface area contributed by atoms with Gasteiger partial charge in [-0.1, -0.05) is 24.8 Å². The van der Waals surface area contributed by atoms with Gasteiger partial charge in [0.1, 0.15) is 5.75 Å². The number of para-hydroxylation sites is 1. The molecule has 0 fully saturated rings. The molecule has 0 bridgehead atoms. The summed E-state index contributed by atoms with van der Waals surface area (Å²) in [6.45, 7) is 3.46. The predicted octanol–water partition coefficient (Wildman–Crippen LogP) is 1.85. The van der Waals surface area contributed by atoms with E-state index >= 15 is 0 Å². The van der Waals surface area contributed by atoms with Crippen LogP contribution in [0.2, 0.25) is 0 Å². The minimum atomic E-state index is -1.15. The molecule has 0 aliphatic carbocycles. The summed E-state index contributed by atoms with van der Waals surface area (Å²) in [5, 5.41) is 10.6. The van der Waals surface area contributed by atoms with Gasteiger partial charge in [-0.05, 0) is 18.2 Å². The van der Waals surface area contributed by atoms with E-state index in [-0.39, 0.29) is 0 Å². The first kappa shape index (κ1) is 10.1. The topological polar surface area (TPSA) is 58.6 Å². The van der Waals surface area contributed by atoms with Crippen LogP contribution < -0.4 is 10.1 Å². The first-order chi connectivity index (χ1) is 6.72. The molecule has 1 amide bonds. The fraction of sp³-hybridized carbons (Fsp3) is 0.100. The van der Waals surface area contributed by atoms with Gasteiger partial charge >= 0.3 is 6.09 Å². The monoisotopic (exact) mass is 193 g/mol. The van der Waals surface area contributed by atoms with Crippen LogP contribution in [-0.4, -0.2) is 17.4 Å². The summed E-state index contributed by atoms with van der Waals surface area (Å²) in [5.41, 5.74) is 0. The van der Waals surface area contributed by atoms with Gasteiger partial charge in [-0.3, -0.25) is 5.32 Å². The van der Waals surface area contributed by atoms with Crippen molar-refractivity contribution in [2.24, 2.45) is 0 Å². The van der Waals surface area contributed by atoms with Gasteiger partial charge in [0.2, 0.25) is 0 Å². The number of hydrogen-bond acceptors (Lipinski definition) is 2. The van der Waals surface area contributed by atoms with Gasteiger partial charge < -0.3 is 9.84 Å². The van der Waals surface area contributed by atoms with Crippen LogP contribution in [0.15, 0.2) is 43.0 Å². The van der Waals surface area contributed by atoms with Crippen LogP contribution in [0.1, 0.15) is 0 Å². The van der Waals surface area contributed by atoms with E-state index in [9.17, 15) is 4.79 Å². The Morgan fingerprint density at radius 1 is 1.50 bits per heavy atom. The molecule has 1 unspecified atom stereocenters. The number of hydrogen-bond donors (Lipinski definition) is 2. The molecule has 0 heterocycles. The van der Waals surface area contributed by atoms with Crippen molar-refractivity contribution in [2.75, 3.05) is 0 Å². The largest absolute Gasteiger partial charge is 0.467 e. The molecule has 1 aromatic rings. The summed E-state index contributed by atoms with van der Waals surface area (Å²) in [7, 11) is 0. The number of ether oxygens (including phenoxy) is 1. The third kappa shape index (κ3) is 3.18. The molecule has 1 aromatic carbocycles. The normalized spacial score (nSPS) is 11.4. The van der Waals surface area contributed by atoms with E-state index in [0.717, 1.165) is 0 Å². The quantitative estimate of drug-likeness (QED) is 0.566. The Kier molecular flexibility index (Phi) is 3.55. The Labute approximate surface area is 81.8 Å². The zero-order chi connectivity index (χ0) is 10.4. The van der Waals surface area contributed by atoms with Crippen molar-refractivity contribution in [3.63, 3.8) is 0 Å². The van der Waals surface area contributed by atoms with E-state index in [4.69, 9.17) is 9.84 Å². The highest BCUT2D eigenvalue weighted by atomic mass is 16.5. The SMILES string of the molecule is C=CC(NC(=O)O)Oc1ccccc1. The van der Waals surface area contributed by atoms with E-state index in [2.05, 4.69) is 11.9 Å². The van der Waals surface area contributed by atoms with Crippen molar-refractivity contribution in [3.05, 3.63) is 43.0 Å². The van der Waals surface area contributed by atoms with E-state index in [1.54, 1.807) is 24.3 Å². The molecule has 0 spiro atoms. The van der Waals surface area contributed by atoms with Crippen LogP contribution in [-0.2, 0) is 0 Å². The third-order valence-corrected chi connectivity index (χ3v) is 1.49. The number of nitrogens with one attached hydrogen (secondary N) is 1. The van der Waals surface area contributed by atoms with Crippen molar-refractivity contribution in [3.8, 4) is 5.75 Å². The summed E-state index contributed by atoms with van der Waals surface area (Å²) in [6.07, 6.45) is -0.498. The highest BCUT2D eigenvalue weighted by molar-refractivity contribution is 5.64. The maximum absolute atomic E-state index is 10.3. The van der Waals surface area contributed by atoms with Crippen LogP contribution in [0.5, 0.6) is 5.75 Å². The predicted molar refractivity (Wildman–Crippen MR) is 52.2 cm³/mol. The van der Waals surface area contributed by atoms with Crippen LogP contribution >= 0.6 is 0 Å². The lowest BCUT2D eigenvalue weighted by Crippen LogP contribution is -2.36. The van der Waals surface area contributed by atoms with Crippen molar-refractivity contribution in [2.45, 2.75) is 6.23 Å². The Morgan fingerprint density at radius 2 is 2.14 bits per heavy atom. The molecule has 4 nitrogen and oxygen atoms in total. The lowest BCUT2D eigenvalue weighted by atomic mass is 10.3. The molecule has 74 valence electrons. The van der Waals surface area contributed by atoms with Gasteiger partial charge in [-0.2, -0.15) is 0 Å². The first-order valence-electron chi connectivity index (χ1n) is 4.06. The minimum Gasteiger partial charge on any atom is -0.467 e. The van der Waals surface area contributed by atoms with Crippen molar-refractivity contribution in [1.82, 2.24) is 5.32 Å². The number of carbonyl (C=O) groups is 1. The highest BCUT2D eigenvalue weighted by Crippen LogP contribution is 2.10. The average molecular weight is 193 g/mol. The van der Waals surface area contributed by atoms with E-state index in [0.29, 0.717) is 5.75 Å². The second-order valence-electron chi connectivity index (χ2n) is 2.54. The van der Waals surface area contributed by atoms with E-state index in [1.165, 1.54) is 6.08 Å². The molecule has 1 atom stereocenters. The third-order valence-electron chi connectivity index (χ3n) is 1.49. The van der Waals surface area contributed by atoms with Crippen LogP contribution in [0.3, 0.4) is 0 Å². The number of amides is 1. The molecule has 0 saturated carbocycles. The number of carboxylic acid groups (broad SMARTS) is 1. The lowest BCUT2D eigenvalue weighted by molar-refractivity contribution is 0.160. The van der Waals surface area contributed by atoms with Gasteiger partial charge in [0, 0.05) is 0 Å². The molecular weight excluding hydrogens is 182 g/mol. The zero-order valence-electron chi connectivity index (χ0n) is 7.51. The molecule has 0 aliphatic rings. The van der Waals surface area contributed by atoms with Gasteiger partial charge in [0.15, 0.2) is 6.23 Å². The Hall–Kier alpha value is -1.97. The molecule has 0 aromatic heterocycles. The molecular formula is C10H11NO3. The van der Waals surface area contributed by atoms with Crippen molar-refractivity contribution < 1.29 is 14.6 Å². The summed E-state index contributed by atoms with van der Waals surface area (Å²) in [6, 6.07) is 8.92. The molecule has 2 N–H and O–H groups in total. The molecule has 0 aliphatic heterocycles. The van der Waals surface area contributed by atoms with Crippen molar-refractivity contribution >= 4 is 6.09 Å². The van der Waals surface area contributed by atoms with E-state index in [1.807, 2.05) is 6.07 Å². The molecule has 0 saturated heterocycles. The molecule has 4 heteroatoms. The lowest BCUT2D eigenvalue weighted by Gasteiger charge is -2.14. The smallest absolute Gasteiger partial charge is 0.407 e. The molecule has 0 radical (unpaired) electrons.